The number of benzene rings is 2. The second-order valence-electron chi connectivity index (χ2n) is 5.21. The minimum atomic E-state index is -0.220. The number of para-hydroxylation sites is 1. The molecule has 4 heteroatoms. The first-order valence-corrected chi connectivity index (χ1v) is 7.34. The smallest absolute Gasteiger partial charge is 0.329 e. The molecular weight excluding hydrogens is 298 g/mol. The van der Waals surface area contributed by atoms with Gasteiger partial charge >= 0.3 is 5.97 Å². The summed E-state index contributed by atoms with van der Waals surface area (Å²) in [5.41, 5.74) is 3.55. The maximum absolute atomic E-state index is 12.3. The normalized spacial score (nSPS) is 15.9. The summed E-state index contributed by atoms with van der Waals surface area (Å²) in [5, 5.41) is 0. The van der Waals surface area contributed by atoms with Crippen LogP contribution in [0.15, 0.2) is 54.6 Å². The van der Waals surface area contributed by atoms with Crippen molar-refractivity contribution in [2.24, 2.45) is 0 Å². The zero-order chi connectivity index (χ0) is 14.7. The summed E-state index contributed by atoms with van der Waals surface area (Å²) in [6.45, 7) is 2.99. The number of hydrogen-bond donors (Lipinski definition) is 0. The van der Waals surface area contributed by atoms with Crippen LogP contribution in [0.2, 0.25) is 0 Å². The molecule has 1 heterocycles. The van der Waals surface area contributed by atoms with E-state index in [0.29, 0.717) is 6.61 Å². The predicted molar refractivity (Wildman–Crippen MR) is 90.4 cm³/mol. The minimum absolute atomic E-state index is 0. The van der Waals surface area contributed by atoms with Crippen molar-refractivity contribution in [3.63, 3.8) is 0 Å². The number of fused-ring (bicyclic) bond motifs is 1. The fraction of sp³-hybridized carbons (Fsp3) is 0.278. The Morgan fingerprint density at radius 3 is 2.55 bits per heavy atom. The molecule has 3 rings (SSSR count). The van der Waals surface area contributed by atoms with Gasteiger partial charge in [-0.2, -0.15) is 0 Å². The summed E-state index contributed by atoms with van der Waals surface area (Å²) >= 11 is 0. The van der Waals surface area contributed by atoms with Crippen molar-refractivity contribution in [2.75, 3.05) is 11.5 Å². The molecule has 0 saturated heterocycles. The van der Waals surface area contributed by atoms with E-state index in [2.05, 4.69) is 29.2 Å². The Balaban J connectivity index is 0.00000176. The van der Waals surface area contributed by atoms with Crippen LogP contribution in [0.3, 0.4) is 0 Å². The third-order valence-electron chi connectivity index (χ3n) is 3.84. The van der Waals surface area contributed by atoms with E-state index in [4.69, 9.17) is 4.74 Å². The third kappa shape index (κ3) is 3.25. The van der Waals surface area contributed by atoms with Crippen LogP contribution in [0.4, 0.5) is 5.69 Å². The monoisotopic (exact) mass is 317 g/mol. The number of rotatable bonds is 4. The molecule has 1 aliphatic heterocycles. The standard InChI is InChI=1S/C18H19NO2.ClH/c1-2-21-18(20)17-12-15-10-6-7-11-16(15)19(17)13-14-8-4-3-5-9-14;/h3-11,17H,2,12-13H2,1H3;1H. The highest BCUT2D eigenvalue weighted by atomic mass is 35.5. The molecule has 0 aliphatic carbocycles. The van der Waals surface area contributed by atoms with Crippen LogP contribution in [0.25, 0.3) is 0 Å². The predicted octanol–water partition coefficient (Wildman–Crippen LogP) is 3.60. The van der Waals surface area contributed by atoms with Gasteiger partial charge in [-0.25, -0.2) is 4.79 Å². The Hall–Kier alpha value is -2.00. The molecule has 1 atom stereocenters. The first-order valence-electron chi connectivity index (χ1n) is 7.34. The second kappa shape index (κ2) is 7.32. The fourth-order valence-corrected chi connectivity index (χ4v) is 2.87. The van der Waals surface area contributed by atoms with Crippen LogP contribution < -0.4 is 4.90 Å². The average molecular weight is 318 g/mol. The molecule has 0 spiro atoms. The van der Waals surface area contributed by atoms with Crippen LogP contribution in [0.5, 0.6) is 0 Å². The summed E-state index contributed by atoms with van der Waals surface area (Å²) in [7, 11) is 0. The van der Waals surface area contributed by atoms with Gasteiger partial charge in [0.05, 0.1) is 6.61 Å². The molecule has 22 heavy (non-hydrogen) atoms. The first-order chi connectivity index (χ1) is 10.3. The number of esters is 1. The van der Waals surface area contributed by atoms with Crippen molar-refractivity contribution in [2.45, 2.75) is 25.9 Å². The van der Waals surface area contributed by atoms with Gasteiger partial charge in [0.2, 0.25) is 0 Å². The number of hydrogen-bond acceptors (Lipinski definition) is 3. The molecular formula is C18H20ClNO2. The van der Waals surface area contributed by atoms with Crippen molar-refractivity contribution in [3.05, 3.63) is 65.7 Å². The lowest BCUT2D eigenvalue weighted by atomic mass is 10.1. The van der Waals surface area contributed by atoms with Gasteiger partial charge in [-0.1, -0.05) is 48.5 Å². The maximum Gasteiger partial charge on any atom is 0.329 e. The second-order valence-corrected chi connectivity index (χ2v) is 5.21. The van der Waals surface area contributed by atoms with Crippen LogP contribution >= 0.6 is 12.4 Å². The van der Waals surface area contributed by atoms with Crippen LogP contribution in [-0.2, 0) is 22.5 Å². The lowest BCUT2D eigenvalue weighted by Gasteiger charge is -2.26. The average Bonchev–Trinajstić information content (AvgIpc) is 2.88. The highest BCUT2D eigenvalue weighted by Gasteiger charge is 2.35. The molecule has 1 aliphatic rings. The molecule has 1 unspecified atom stereocenters. The SMILES string of the molecule is CCOC(=O)C1Cc2ccccc2N1Cc1ccccc1.Cl. The summed E-state index contributed by atoms with van der Waals surface area (Å²) in [6.07, 6.45) is 0.724. The van der Waals surface area contributed by atoms with Gasteiger partial charge in [-0.15, -0.1) is 12.4 Å². The molecule has 0 bridgehead atoms. The van der Waals surface area contributed by atoms with Gasteiger partial charge in [0, 0.05) is 18.7 Å². The maximum atomic E-state index is 12.3. The molecule has 0 amide bonds. The molecule has 2 aromatic carbocycles. The molecule has 0 fully saturated rings. The van der Waals surface area contributed by atoms with E-state index in [1.165, 1.54) is 11.1 Å². The Kier molecular flexibility index (Phi) is 5.45. The van der Waals surface area contributed by atoms with Crippen LogP contribution in [0, 0.1) is 0 Å². The number of carbonyl (C=O) groups excluding carboxylic acids is 1. The van der Waals surface area contributed by atoms with Crippen molar-refractivity contribution in [1.82, 2.24) is 0 Å². The molecule has 0 aromatic heterocycles. The number of carbonyl (C=O) groups is 1. The fourth-order valence-electron chi connectivity index (χ4n) is 2.87. The summed E-state index contributed by atoms with van der Waals surface area (Å²) < 4.78 is 5.24. The van der Waals surface area contributed by atoms with Crippen molar-refractivity contribution < 1.29 is 9.53 Å². The van der Waals surface area contributed by atoms with E-state index in [9.17, 15) is 4.79 Å². The lowest BCUT2D eigenvalue weighted by molar-refractivity contribution is -0.144. The van der Waals surface area contributed by atoms with Gasteiger partial charge in [-0.05, 0) is 24.1 Å². The topological polar surface area (TPSA) is 29.5 Å². The van der Waals surface area contributed by atoms with Gasteiger partial charge in [0.1, 0.15) is 6.04 Å². The van der Waals surface area contributed by atoms with Crippen molar-refractivity contribution in [1.29, 1.82) is 0 Å². The minimum Gasteiger partial charge on any atom is -0.464 e. The Morgan fingerprint density at radius 2 is 1.82 bits per heavy atom. The summed E-state index contributed by atoms with van der Waals surface area (Å²) in [6, 6.07) is 18.2. The number of ether oxygens (including phenoxy) is 1. The van der Waals surface area contributed by atoms with Crippen molar-refractivity contribution in [3.8, 4) is 0 Å². The number of nitrogens with zero attached hydrogens (tertiary/aromatic N) is 1. The van der Waals surface area contributed by atoms with Crippen molar-refractivity contribution >= 4 is 24.1 Å². The quantitative estimate of drug-likeness (QED) is 0.807. The molecule has 0 radical (unpaired) electrons. The van der Waals surface area contributed by atoms with E-state index < -0.39 is 0 Å². The lowest BCUT2D eigenvalue weighted by Crippen LogP contribution is -2.39. The van der Waals surface area contributed by atoms with E-state index in [-0.39, 0.29) is 24.4 Å². The number of halogens is 1. The Bertz CT molecular complexity index is 630. The molecule has 116 valence electrons. The Labute approximate surface area is 137 Å². The van der Waals surface area contributed by atoms with Gasteiger partial charge < -0.3 is 9.64 Å². The molecule has 0 N–H and O–H groups in total. The largest absolute Gasteiger partial charge is 0.464 e. The first kappa shape index (κ1) is 16.4. The van der Waals surface area contributed by atoms with Gasteiger partial charge in [-0.3, -0.25) is 0 Å². The van der Waals surface area contributed by atoms with Crippen LogP contribution in [0.1, 0.15) is 18.1 Å². The van der Waals surface area contributed by atoms with E-state index in [0.717, 1.165) is 18.7 Å². The summed E-state index contributed by atoms with van der Waals surface area (Å²) in [4.78, 5) is 14.4. The Morgan fingerprint density at radius 1 is 1.14 bits per heavy atom. The molecule has 3 nitrogen and oxygen atoms in total. The van der Waals surface area contributed by atoms with Gasteiger partial charge in [0.15, 0.2) is 0 Å². The summed E-state index contributed by atoms with van der Waals surface area (Å²) in [5.74, 6) is -0.135. The van der Waals surface area contributed by atoms with E-state index in [1.54, 1.807) is 0 Å². The molecule has 0 saturated carbocycles. The van der Waals surface area contributed by atoms with E-state index in [1.807, 2.05) is 37.3 Å². The number of anilines is 1. The zero-order valence-corrected chi connectivity index (χ0v) is 13.4. The molecule has 2 aromatic rings. The van der Waals surface area contributed by atoms with E-state index >= 15 is 0 Å². The van der Waals surface area contributed by atoms with Crippen LogP contribution in [-0.4, -0.2) is 18.6 Å². The highest BCUT2D eigenvalue weighted by Crippen LogP contribution is 2.33. The highest BCUT2D eigenvalue weighted by molar-refractivity contribution is 5.85. The zero-order valence-electron chi connectivity index (χ0n) is 12.6. The van der Waals surface area contributed by atoms with Gasteiger partial charge in [0.25, 0.3) is 0 Å². The third-order valence-corrected chi connectivity index (χ3v) is 3.84.